The van der Waals surface area contributed by atoms with Crippen LogP contribution in [0.1, 0.15) is 0 Å². The summed E-state index contributed by atoms with van der Waals surface area (Å²) in [5.74, 6) is 1.13. The summed E-state index contributed by atoms with van der Waals surface area (Å²) in [5.41, 5.74) is 6.71. The van der Waals surface area contributed by atoms with Crippen LogP contribution in [0.25, 0.3) is 0 Å². The summed E-state index contributed by atoms with van der Waals surface area (Å²) in [6.45, 7) is 4.20. The van der Waals surface area contributed by atoms with Crippen LogP contribution in [0.5, 0.6) is 5.75 Å². The van der Waals surface area contributed by atoms with E-state index in [2.05, 4.69) is 27.1 Å². The minimum Gasteiger partial charge on any atom is -0.497 e. The van der Waals surface area contributed by atoms with E-state index in [9.17, 15) is 0 Å². The van der Waals surface area contributed by atoms with Crippen LogP contribution in [0.15, 0.2) is 29.4 Å². The summed E-state index contributed by atoms with van der Waals surface area (Å²) in [7, 11) is 1.67. The van der Waals surface area contributed by atoms with Crippen molar-refractivity contribution in [3.8, 4) is 5.75 Å². The fourth-order valence-electron chi connectivity index (χ4n) is 2.22. The van der Waals surface area contributed by atoms with Crippen molar-refractivity contribution in [3.63, 3.8) is 0 Å². The Balaban J connectivity index is 1.88. The Labute approximate surface area is 113 Å². The largest absolute Gasteiger partial charge is 0.497 e. The molecular formula is C13H20N4O2. The lowest BCUT2D eigenvalue weighted by molar-refractivity contribution is 0.279. The van der Waals surface area contributed by atoms with E-state index >= 15 is 0 Å². The van der Waals surface area contributed by atoms with Crippen molar-refractivity contribution >= 4 is 11.5 Å². The Kier molecular flexibility index (Phi) is 4.46. The third-order valence-corrected chi connectivity index (χ3v) is 3.32. The number of piperazine rings is 1. The fourth-order valence-corrected chi connectivity index (χ4v) is 2.22. The number of ether oxygens (including phenoxy) is 1. The SMILES string of the molecule is COc1ccc(N2CCN(C/C(N)=N/O)CC2)cc1. The topological polar surface area (TPSA) is 74.3 Å². The minimum atomic E-state index is 0.262. The summed E-state index contributed by atoms with van der Waals surface area (Å²) < 4.78 is 5.15. The molecule has 0 unspecified atom stereocenters. The molecule has 1 aromatic carbocycles. The number of oxime groups is 1. The van der Waals surface area contributed by atoms with Gasteiger partial charge in [-0.3, -0.25) is 4.90 Å². The van der Waals surface area contributed by atoms with Crippen LogP contribution in [0.4, 0.5) is 5.69 Å². The van der Waals surface area contributed by atoms with Crippen LogP contribution < -0.4 is 15.4 Å². The maximum absolute atomic E-state index is 8.56. The molecule has 6 nitrogen and oxygen atoms in total. The van der Waals surface area contributed by atoms with Crippen LogP contribution in [0, 0.1) is 0 Å². The number of rotatable bonds is 4. The zero-order valence-corrected chi connectivity index (χ0v) is 11.1. The summed E-state index contributed by atoms with van der Waals surface area (Å²) in [4.78, 5) is 4.50. The summed E-state index contributed by atoms with van der Waals surface area (Å²) in [5, 5.41) is 11.6. The molecular weight excluding hydrogens is 244 g/mol. The van der Waals surface area contributed by atoms with Crippen molar-refractivity contribution in [2.24, 2.45) is 10.9 Å². The number of anilines is 1. The molecule has 0 radical (unpaired) electrons. The third-order valence-electron chi connectivity index (χ3n) is 3.32. The third kappa shape index (κ3) is 3.51. The molecule has 0 saturated carbocycles. The maximum Gasteiger partial charge on any atom is 0.153 e. The molecule has 6 heteroatoms. The molecule has 0 aliphatic carbocycles. The average Bonchev–Trinajstić information content (AvgIpc) is 2.48. The number of benzene rings is 1. The van der Waals surface area contributed by atoms with E-state index in [1.807, 2.05) is 12.1 Å². The van der Waals surface area contributed by atoms with Crippen molar-refractivity contribution < 1.29 is 9.94 Å². The highest BCUT2D eigenvalue weighted by Gasteiger charge is 2.17. The smallest absolute Gasteiger partial charge is 0.153 e. The first-order valence-corrected chi connectivity index (χ1v) is 6.30. The molecule has 1 aliphatic rings. The Morgan fingerprint density at radius 3 is 2.42 bits per heavy atom. The van der Waals surface area contributed by atoms with Crippen molar-refractivity contribution in [2.45, 2.75) is 0 Å². The van der Waals surface area contributed by atoms with Gasteiger partial charge < -0.3 is 20.6 Å². The first-order chi connectivity index (χ1) is 9.22. The van der Waals surface area contributed by atoms with E-state index < -0.39 is 0 Å². The summed E-state index contributed by atoms with van der Waals surface area (Å²) >= 11 is 0. The molecule has 0 bridgehead atoms. The first-order valence-electron chi connectivity index (χ1n) is 6.30. The highest BCUT2D eigenvalue weighted by Crippen LogP contribution is 2.20. The Morgan fingerprint density at radius 1 is 1.26 bits per heavy atom. The molecule has 104 valence electrons. The van der Waals surface area contributed by atoms with Gasteiger partial charge in [0.25, 0.3) is 0 Å². The molecule has 1 heterocycles. The second-order valence-corrected chi connectivity index (χ2v) is 4.55. The molecule has 1 aliphatic heterocycles. The molecule has 0 amide bonds. The fraction of sp³-hybridized carbons (Fsp3) is 0.462. The number of hydrogen-bond acceptors (Lipinski definition) is 5. The Morgan fingerprint density at radius 2 is 1.89 bits per heavy atom. The zero-order chi connectivity index (χ0) is 13.7. The van der Waals surface area contributed by atoms with E-state index in [1.165, 1.54) is 5.69 Å². The monoisotopic (exact) mass is 264 g/mol. The van der Waals surface area contributed by atoms with E-state index in [4.69, 9.17) is 15.7 Å². The average molecular weight is 264 g/mol. The molecule has 3 N–H and O–H groups in total. The lowest BCUT2D eigenvalue weighted by Gasteiger charge is -2.35. The van der Waals surface area contributed by atoms with E-state index in [-0.39, 0.29) is 5.84 Å². The summed E-state index contributed by atoms with van der Waals surface area (Å²) in [6.07, 6.45) is 0. The molecule has 2 rings (SSSR count). The van der Waals surface area contributed by atoms with Gasteiger partial charge in [-0.2, -0.15) is 0 Å². The van der Waals surface area contributed by atoms with Gasteiger partial charge in [0.15, 0.2) is 5.84 Å². The first kappa shape index (κ1) is 13.5. The van der Waals surface area contributed by atoms with Crippen LogP contribution >= 0.6 is 0 Å². The molecule has 0 atom stereocenters. The molecule has 1 aromatic rings. The van der Waals surface area contributed by atoms with Gasteiger partial charge in [-0.25, -0.2) is 0 Å². The van der Waals surface area contributed by atoms with Gasteiger partial charge in [0.1, 0.15) is 5.75 Å². The normalized spacial score (nSPS) is 17.5. The highest BCUT2D eigenvalue weighted by molar-refractivity contribution is 5.81. The maximum atomic E-state index is 8.56. The van der Waals surface area contributed by atoms with Gasteiger partial charge in [0.05, 0.1) is 13.7 Å². The lowest BCUT2D eigenvalue weighted by atomic mass is 10.2. The van der Waals surface area contributed by atoms with Crippen molar-refractivity contribution in [1.82, 2.24) is 4.90 Å². The predicted octanol–water partition coefficient (Wildman–Crippen LogP) is 0.564. The Hall–Kier alpha value is -1.95. The van der Waals surface area contributed by atoms with E-state index in [1.54, 1.807) is 7.11 Å². The van der Waals surface area contributed by atoms with Crippen LogP contribution in [-0.2, 0) is 0 Å². The molecule has 0 spiro atoms. The van der Waals surface area contributed by atoms with E-state index in [0.717, 1.165) is 31.9 Å². The van der Waals surface area contributed by atoms with Gasteiger partial charge in [0.2, 0.25) is 0 Å². The molecule has 1 saturated heterocycles. The van der Waals surface area contributed by atoms with Gasteiger partial charge in [-0.15, -0.1) is 0 Å². The zero-order valence-electron chi connectivity index (χ0n) is 11.1. The van der Waals surface area contributed by atoms with Crippen LogP contribution in [0.3, 0.4) is 0 Å². The van der Waals surface area contributed by atoms with Crippen molar-refractivity contribution in [2.75, 3.05) is 44.7 Å². The second kappa shape index (κ2) is 6.29. The van der Waals surface area contributed by atoms with Gasteiger partial charge in [-0.1, -0.05) is 5.16 Å². The lowest BCUT2D eigenvalue weighted by Crippen LogP contribution is -2.48. The predicted molar refractivity (Wildman–Crippen MR) is 75.1 cm³/mol. The molecule has 1 fully saturated rings. The standard InChI is InChI=1S/C13H20N4O2/c1-19-12-4-2-11(3-5-12)17-8-6-16(7-9-17)10-13(14)15-18/h2-5,18H,6-10H2,1H3,(H2,14,15). The summed E-state index contributed by atoms with van der Waals surface area (Å²) in [6, 6.07) is 8.08. The van der Waals surface area contributed by atoms with Crippen LogP contribution in [-0.4, -0.2) is 55.8 Å². The van der Waals surface area contributed by atoms with Crippen LogP contribution in [0.2, 0.25) is 0 Å². The number of hydrogen-bond donors (Lipinski definition) is 2. The number of methoxy groups -OCH3 is 1. The van der Waals surface area contributed by atoms with Crippen molar-refractivity contribution in [3.05, 3.63) is 24.3 Å². The highest BCUT2D eigenvalue weighted by atomic mass is 16.5. The second-order valence-electron chi connectivity index (χ2n) is 4.55. The minimum absolute atomic E-state index is 0.262. The number of nitrogens with two attached hydrogens (primary N) is 1. The number of amidine groups is 1. The van der Waals surface area contributed by atoms with E-state index in [0.29, 0.717) is 6.54 Å². The van der Waals surface area contributed by atoms with Crippen molar-refractivity contribution in [1.29, 1.82) is 0 Å². The van der Waals surface area contributed by atoms with Gasteiger partial charge in [0, 0.05) is 31.9 Å². The quantitative estimate of drug-likeness (QED) is 0.360. The van der Waals surface area contributed by atoms with Gasteiger partial charge >= 0.3 is 0 Å². The number of nitrogens with zero attached hydrogens (tertiary/aromatic N) is 3. The molecule has 19 heavy (non-hydrogen) atoms. The Bertz CT molecular complexity index is 425. The molecule has 0 aromatic heterocycles. The van der Waals surface area contributed by atoms with Gasteiger partial charge in [-0.05, 0) is 24.3 Å².